The van der Waals surface area contributed by atoms with Crippen LogP contribution in [0.1, 0.15) is 40.0 Å². The molecule has 4 nitrogen and oxygen atoms in total. The van der Waals surface area contributed by atoms with Crippen LogP contribution < -0.4 is 5.73 Å². The van der Waals surface area contributed by atoms with Crippen LogP contribution in [-0.2, 0) is 9.53 Å². The molecular weight excluding hydrogens is 248 g/mol. The molecule has 0 radical (unpaired) electrons. The number of thiocarbonyl (C=S) groups is 1. The molecule has 2 N–H and O–H groups in total. The fraction of sp³-hybridized carbons (Fsp3) is 0.846. The first-order valence-electron chi connectivity index (χ1n) is 6.32. The Hall–Kier alpha value is -0.680. The number of nitrogens with two attached hydrogens (primary N) is 1. The van der Waals surface area contributed by atoms with E-state index in [2.05, 4.69) is 20.8 Å². The first-order valence-corrected chi connectivity index (χ1v) is 6.73. The van der Waals surface area contributed by atoms with E-state index in [9.17, 15) is 4.79 Å². The molecule has 0 aliphatic rings. The Morgan fingerprint density at radius 3 is 2.39 bits per heavy atom. The first kappa shape index (κ1) is 17.3. The van der Waals surface area contributed by atoms with Gasteiger partial charge in [-0.2, -0.15) is 0 Å². The highest BCUT2D eigenvalue weighted by Gasteiger charge is 2.11. The summed E-state index contributed by atoms with van der Waals surface area (Å²) in [6, 6.07) is 0. The summed E-state index contributed by atoms with van der Waals surface area (Å²) in [5, 5.41) is 0. The summed E-state index contributed by atoms with van der Waals surface area (Å²) in [5.41, 5.74) is 5.67. The van der Waals surface area contributed by atoms with Crippen molar-refractivity contribution < 1.29 is 9.53 Å². The van der Waals surface area contributed by atoms with E-state index in [-0.39, 0.29) is 11.3 Å². The summed E-state index contributed by atoms with van der Waals surface area (Å²) in [6.45, 7) is 8.27. The zero-order valence-corrected chi connectivity index (χ0v) is 12.8. The molecule has 0 saturated heterocycles. The van der Waals surface area contributed by atoms with E-state index in [1.165, 1.54) is 0 Å². The number of carbonyl (C=O) groups is 1. The number of amides is 1. The Morgan fingerprint density at radius 1 is 1.28 bits per heavy atom. The number of ether oxygens (including phenoxy) is 1. The van der Waals surface area contributed by atoms with Crippen LogP contribution in [0.15, 0.2) is 0 Å². The second kappa shape index (κ2) is 8.43. The third kappa shape index (κ3) is 10.5. The van der Waals surface area contributed by atoms with Gasteiger partial charge in [-0.05, 0) is 11.8 Å². The quantitative estimate of drug-likeness (QED) is 0.543. The molecule has 106 valence electrons. The minimum atomic E-state index is 0.0713. The van der Waals surface area contributed by atoms with Gasteiger partial charge in [0.2, 0.25) is 5.91 Å². The lowest BCUT2D eigenvalue weighted by atomic mass is 9.93. The highest BCUT2D eigenvalue weighted by Crippen LogP contribution is 2.17. The van der Waals surface area contributed by atoms with Gasteiger partial charge in [-0.25, -0.2) is 0 Å². The van der Waals surface area contributed by atoms with Gasteiger partial charge < -0.3 is 15.4 Å². The van der Waals surface area contributed by atoms with Crippen LogP contribution in [0.25, 0.3) is 0 Å². The average Bonchev–Trinajstić information content (AvgIpc) is 2.23. The molecule has 0 fully saturated rings. The topological polar surface area (TPSA) is 55.6 Å². The average molecular weight is 274 g/mol. The van der Waals surface area contributed by atoms with E-state index in [1.54, 1.807) is 11.9 Å². The van der Waals surface area contributed by atoms with Crippen molar-refractivity contribution in [1.82, 2.24) is 4.90 Å². The van der Waals surface area contributed by atoms with Gasteiger partial charge in [0.15, 0.2) is 0 Å². The molecule has 18 heavy (non-hydrogen) atoms. The van der Waals surface area contributed by atoms with E-state index in [1.807, 2.05) is 0 Å². The summed E-state index contributed by atoms with van der Waals surface area (Å²) < 4.78 is 5.46. The molecule has 0 aromatic heterocycles. The molecule has 0 atom stereocenters. The summed E-state index contributed by atoms with van der Waals surface area (Å²) in [6.07, 6.45) is 1.99. The molecule has 0 aliphatic carbocycles. The molecule has 1 amide bonds. The maximum absolute atomic E-state index is 11.7. The molecule has 0 rings (SSSR count). The van der Waals surface area contributed by atoms with Crippen LogP contribution in [0.2, 0.25) is 0 Å². The Bertz CT molecular complexity index is 275. The van der Waals surface area contributed by atoms with E-state index in [4.69, 9.17) is 22.7 Å². The molecule has 0 bridgehead atoms. The zero-order chi connectivity index (χ0) is 14.2. The maximum Gasteiger partial charge on any atom is 0.224 e. The van der Waals surface area contributed by atoms with Gasteiger partial charge in [-0.1, -0.05) is 33.0 Å². The smallest absolute Gasteiger partial charge is 0.224 e. The highest BCUT2D eigenvalue weighted by atomic mass is 32.1. The minimum absolute atomic E-state index is 0.0713. The number of rotatable bonds is 8. The zero-order valence-electron chi connectivity index (χ0n) is 12.0. The fourth-order valence-electron chi connectivity index (χ4n) is 1.23. The lowest BCUT2D eigenvalue weighted by Gasteiger charge is -2.19. The Labute approximate surface area is 116 Å². The van der Waals surface area contributed by atoms with Crippen LogP contribution in [0.5, 0.6) is 0 Å². The number of nitrogens with zero attached hydrogens (tertiary/aromatic N) is 1. The second-order valence-electron chi connectivity index (χ2n) is 5.70. The standard InChI is InChI=1S/C13H26N2O2S/c1-13(2,3)7-10-17-9-6-12(16)15(4)8-5-11(14)18/h5-10H2,1-4H3,(H2,14,18). The van der Waals surface area contributed by atoms with Gasteiger partial charge >= 0.3 is 0 Å². The number of carbonyl (C=O) groups excluding carboxylic acids is 1. The van der Waals surface area contributed by atoms with Crippen molar-refractivity contribution in [2.24, 2.45) is 11.1 Å². The lowest BCUT2D eigenvalue weighted by molar-refractivity contribution is -0.130. The van der Waals surface area contributed by atoms with Crippen LogP contribution in [-0.4, -0.2) is 42.6 Å². The van der Waals surface area contributed by atoms with Crippen molar-refractivity contribution in [3.8, 4) is 0 Å². The summed E-state index contributed by atoms with van der Waals surface area (Å²) >= 11 is 4.77. The summed E-state index contributed by atoms with van der Waals surface area (Å²) in [5.74, 6) is 0.0713. The third-order valence-corrected chi connectivity index (χ3v) is 2.78. The van der Waals surface area contributed by atoms with Gasteiger partial charge in [0, 0.05) is 26.6 Å². The van der Waals surface area contributed by atoms with E-state index >= 15 is 0 Å². The number of hydrogen-bond donors (Lipinski definition) is 1. The Kier molecular flexibility index (Phi) is 8.11. The molecule has 0 saturated carbocycles. The van der Waals surface area contributed by atoms with E-state index in [0.717, 1.165) is 6.42 Å². The molecule has 0 aliphatic heterocycles. The van der Waals surface area contributed by atoms with Gasteiger partial charge in [-0.3, -0.25) is 4.79 Å². The molecule has 0 aromatic carbocycles. The molecule has 0 heterocycles. The van der Waals surface area contributed by atoms with Crippen LogP contribution >= 0.6 is 12.2 Å². The van der Waals surface area contributed by atoms with Crippen molar-refractivity contribution >= 4 is 23.1 Å². The summed E-state index contributed by atoms with van der Waals surface area (Å²) in [4.78, 5) is 13.8. The van der Waals surface area contributed by atoms with E-state index in [0.29, 0.717) is 37.6 Å². The second-order valence-corrected chi connectivity index (χ2v) is 6.23. The van der Waals surface area contributed by atoms with Crippen molar-refractivity contribution in [2.45, 2.75) is 40.0 Å². The van der Waals surface area contributed by atoms with Crippen LogP contribution in [0.3, 0.4) is 0 Å². The SMILES string of the molecule is CN(CCC(N)=S)C(=O)CCOCCC(C)(C)C. The fourth-order valence-corrected chi connectivity index (χ4v) is 1.32. The maximum atomic E-state index is 11.7. The van der Waals surface area contributed by atoms with Crippen LogP contribution in [0, 0.1) is 5.41 Å². The highest BCUT2D eigenvalue weighted by molar-refractivity contribution is 7.80. The van der Waals surface area contributed by atoms with Crippen molar-refractivity contribution in [3.05, 3.63) is 0 Å². The molecule has 5 heteroatoms. The lowest BCUT2D eigenvalue weighted by Crippen LogP contribution is -2.30. The Morgan fingerprint density at radius 2 is 1.89 bits per heavy atom. The largest absolute Gasteiger partial charge is 0.393 e. The molecule has 0 spiro atoms. The molecule has 0 aromatic rings. The minimum Gasteiger partial charge on any atom is -0.393 e. The normalized spacial score (nSPS) is 11.3. The molecular formula is C13H26N2O2S. The van der Waals surface area contributed by atoms with Gasteiger partial charge in [0.05, 0.1) is 18.0 Å². The third-order valence-electron chi connectivity index (χ3n) is 2.58. The summed E-state index contributed by atoms with van der Waals surface area (Å²) in [7, 11) is 1.76. The monoisotopic (exact) mass is 274 g/mol. The van der Waals surface area contributed by atoms with Gasteiger partial charge in [-0.15, -0.1) is 0 Å². The van der Waals surface area contributed by atoms with Crippen LogP contribution in [0.4, 0.5) is 0 Å². The predicted octanol–water partition coefficient (Wildman–Crippen LogP) is 1.96. The van der Waals surface area contributed by atoms with Crippen molar-refractivity contribution in [1.29, 1.82) is 0 Å². The predicted molar refractivity (Wildman–Crippen MR) is 78.5 cm³/mol. The van der Waals surface area contributed by atoms with Gasteiger partial charge in [0.25, 0.3) is 0 Å². The van der Waals surface area contributed by atoms with E-state index < -0.39 is 0 Å². The van der Waals surface area contributed by atoms with Crippen molar-refractivity contribution in [2.75, 3.05) is 26.8 Å². The number of hydrogen-bond acceptors (Lipinski definition) is 3. The first-order chi connectivity index (χ1) is 8.22. The van der Waals surface area contributed by atoms with Crippen molar-refractivity contribution in [3.63, 3.8) is 0 Å². The van der Waals surface area contributed by atoms with Gasteiger partial charge in [0.1, 0.15) is 0 Å². The Balaban J connectivity index is 3.61. The molecule has 0 unspecified atom stereocenters.